The van der Waals surface area contributed by atoms with Gasteiger partial charge in [0.05, 0.1) is 5.39 Å². The van der Waals surface area contributed by atoms with E-state index in [0.29, 0.717) is 11.5 Å². The standard InChI is InChI=1S/C53H34N2O2/c1-3-14-35(15-4-1)39-20-11-22-42(32-39)55(41-30-28-37(29-31-41)45-26-13-19-36-16-7-8-24-44(36)45)43-23-12-21-40(33-43)47-34-49-50(46-25-9-10-27-48(46)56-49)52-51(47)54-53(57-52)38-17-5-2-6-18-38/h1-34H. The van der Waals surface area contributed by atoms with Gasteiger partial charge in [0.1, 0.15) is 16.7 Å². The summed E-state index contributed by atoms with van der Waals surface area (Å²) >= 11 is 0. The van der Waals surface area contributed by atoms with Crippen molar-refractivity contribution in [3.63, 3.8) is 0 Å². The number of hydrogen-bond donors (Lipinski definition) is 0. The summed E-state index contributed by atoms with van der Waals surface area (Å²) in [6.45, 7) is 0. The molecular weight excluding hydrogens is 697 g/mol. The van der Waals surface area contributed by atoms with Gasteiger partial charge in [-0.2, -0.15) is 0 Å². The molecule has 0 aliphatic rings. The van der Waals surface area contributed by atoms with Crippen LogP contribution in [0.1, 0.15) is 0 Å². The van der Waals surface area contributed by atoms with Crippen molar-refractivity contribution in [2.75, 3.05) is 4.90 Å². The number of anilines is 3. The molecule has 11 aromatic rings. The van der Waals surface area contributed by atoms with Crippen LogP contribution in [0.25, 0.3) is 88.6 Å². The van der Waals surface area contributed by atoms with E-state index in [-0.39, 0.29) is 0 Å². The molecule has 0 spiro atoms. The van der Waals surface area contributed by atoms with Crippen LogP contribution in [-0.4, -0.2) is 4.98 Å². The molecule has 0 fully saturated rings. The van der Waals surface area contributed by atoms with Crippen molar-refractivity contribution >= 4 is 60.9 Å². The molecule has 0 aliphatic heterocycles. The summed E-state index contributed by atoms with van der Waals surface area (Å²) in [5, 5.41) is 4.41. The zero-order chi connectivity index (χ0) is 37.7. The van der Waals surface area contributed by atoms with Crippen LogP contribution in [-0.2, 0) is 0 Å². The van der Waals surface area contributed by atoms with Crippen LogP contribution in [0.15, 0.2) is 215 Å². The minimum atomic E-state index is 0.575. The maximum atomic E-state index is 6.66. The molecular formula is C53H34N2O2. The van der Waals surface area contributed by atoms with E-state index in [0.717, 1.165) is 66.8 Å². The van der Waals surface area contributed by atoms with Gasteiger partial charge in [-0.3, -0.25) is 0 Å². The number of fused-ring (bicyclic) bond motifs is 6. The molecule has 4 nitrogen and oxygen atoms in total. The van der Waals surface area contributed by atoms with E-state index < -0.39 is 0 Å². The fraction of sp³-hybridized carbons (Fsp3) is 0. The van der Waals surface area contributed by atoms with Crippen LogP contribution in [0.5, 0.6) is 0 Å². The van der Waals surface area contributed by atoms with Crippen LogP contribution in [0.3, 0.4) is 0 Å². The highest BCUT2D eigenvalue weighted by atomic mass is 16.4. The zero-order valence-corrected chi connectivity index (χ0v) is 30.8. The Kier molecular flexibility index (Phi) is 7.78. The molecule has 268 valence electrons. The first-order valence-electron chi connectivity index (χ1n) is 19.2. The van der Waals surface area contributed by atoms with E-state index in [4.69, 9.17) is 13.8 Å². The average molecular weight is 731 g/mol. The summed E-state index contributed by atoms with van der Waals surface area (Å²) in [4.78, 5) is 7.50. The SMILES string of the molecule is c1ccc(-c2cccc(N(c3ccc(-c4cccc5ccccc45)cc3)c3cccc(-c4cc5oc6ccccc6c5c5oc(-c6ccccc6)nc45)c3)c2)cc1. The molecule has 0 radical (unpaired) electrons. The predicted octanol–water partition coefficient (Wildman–Crippen LogP) is 15.0. The second kappa shape index (κ2) is 13.6. The second-order valence-electron chi connectivity index (χ2n) is 14.3. The smallest absolute Gasteiger partial charge is 0.227 e. The van der Waals surface area contributed by atoms with E-state index >= 15 is 0 Å². The molecule has 0 aliphatic carbocycles. The number of nitrogens with zero attached hydrogens (tertiary/aromatic N) is 2. The van der Waals surface area contributed by atoms with Crippen LogP contribution < -0.4 is 4.90 Å². The number of para-hydroxylation sites is 1. The van der Waals surface area contributed by atoms with Crippen LogP contribution in [0, 0.1) is 0 Å². The normalized spacial score (nSPS) is 11.5. The Morgan fingerprint density at radius 2 is 0.982 bits per heavy atom. The van der Waals surface area contributed by atoms with Crippen LogP contribution >= 0.6 is 0 Å². The fourth-order valence-electron chi connectivity index (χ4n) is 8.18. The number of oxazole rings is 1. The average Bonchev–Trinajstić information content (AvgIpc) is 3.89. The number of hydrogen-bond acceptors (Lipinski definition) is 4. The van der Waals surface area contributed by atoms with Gasteiger partial charge in [0.15, 0.2) is 5.58 Å². The lowest BCUT2D eigenvalue weighted by Gasteiger charge is -2.27. The lowest BCUT2D eigenvalue weighted by atomic mass is 9.97. The molecule has 0 N–H and O–H groups in total. The molecule has 57 heavy (non-hydrogen) atoms. The Morgan fingerprint density at radius 3 is 1.77 bits per heavy atom. The van der Waals surface area contributed by atoms with Gasteiger partial charge in [0.2, 0.25) is 5.89 Å². The van der Waals surface area contributed by atoms with Crippen molar-refractivity contribution in [3.05, 3.63) is 206 Å². The molecule has 0 unspecified atom stereocenters. The summed E-state index contributed by atoms with van der Waals surface area (Å²) in [6, 6.07) is 72.3. The third-order valence-electron chi connectivity index (χ3n) is 10.9. The largest absolute Gasteiger partial charge is 0.456 e. The van der Waals surface area contributed by atoms with Crippen molar-refractivity contribution in [1.29, 1.82) is 0 Å². The number of rotatable bonds is 7. The first-order chi connectivity index (χ1) is 28.2. The van der Waals surface area contributed by atoms with Gasteiger partial charge in [-0.1, -0.05) is 146 Å². The zero-order valence-electron chi connectivity index (χ0n) is 30.8. The monoisotopic (exact) mass is 730 g/mol. The highest BCUT2D eigenvalue weighted by molar-refractivity contribution is 6.19. The van der Waals surface area contributed by atoms with Gasteiger partial charge in [-0.25, -0.2) is 4.98 Å². The highest BCUT2D eigenvalue weighted by Gasteiger charge is 2.22. The minimum Gasteiger partial charge on any atom is -0.456 e. The molecule has 11 rings (SSSR count). The van der Waals surface area contributed by atoms with Crippen molar-refractivity contribution in [1.82, 2.24) is 4.98 Å². The first-order valence-corrected chi connectivity index (χ1v) is 19.2. The molecule has 2 aromatic heterocycles. The fourth-order valence-corrected chi connectivity index (χ4v) is 8.18. The van der Waals surface area contributed by atoms with E-state index in [1.165, 1.54) is 27.5 Å². The summed E-state index contributed by atoms with van der Waals surface area (Å²) in [6.07, 6.45) is 0. The maximum Gasteiger partial charge on any atom is 0.227 e. The number of benzene rings is 9. The third kappa shape index (κ3) is 5.74. The Morgan fingerprint density at radius 1 is 0.368 bits per heavy atom. The molecule has 4 heteroatoms. The van der Waals surface area contributed by atoms with E-state index in [1.807, 2.05) is 48.5 Å². The summed E-state index contributed by atoms with van der Waals surface area (Å²) in [5.41, 5.74) is 13.8. The number of furan rings is 1. The predicted molar refractivity (Wildman–Crippen MR) is 235 cm³/mol. The van der Waals surface area contributed by atoms with Crippen molar-refractivity contribution in [2.24, 2.45) is 0 Å². The van der Waals surface area contributed by atoms with Gasteiger partial charge < -0.3 is 13.7 Å². The molecule has 0 saturated carbocycles. The van der Waals surface area contributed by atoms with Crippen molar-refractivity contribution < 1.29 is 8.83 Å². The molecule has 2 heterocycles. The molecule has 0 atom stereocenters. The lowest BCUT2D eigenvalue weighted by Crippen LogP contribution is -2.10. The van der Waals surface area contributed by atoms with E-state index in [2.05, 4.69) is 163 Å². The third-order valence-corrected chi connectivity index (χ3v) is 10.9. The summed E-state index contributed by atoms with van der Waals surface area (Å²) < 4.78 is 13.1. The van der Waals surface area contributed by atoms with Crippen LogP contribution in [0.4, 0.5) is 17.1 Å². The van der Waals surface area contributed by atoms with Gasteiger partial charge >= 0.3 is 0 Å². The second-order valence-corrected chi connectivity index (χ2v) is 14.3. The van der Waals surface area contributed by atoms with Gasteiger partial charge in [-0.15, -0.1) is 0 Å². The Balaban J connectivity index is 1.09. The summed E-state index contributed by atoms with van der Waals surface area (Å²) in [5.74, 6) is 0.575. The lowest BCUT2D eigenvalue weighted by molar-refractivity contribution is 0.622. The van der Waals surface area contributed by atoms with Crippen molar-refractivity contribution in [2.45, 2.75) is 0 Å². The van der Waals surface area contributed by atoms with Crippen LogP contribution in [0.2, 0.25) is 0 Å². The molecule has 0 amide bonds. The number of aromatic nitrogens is 1. The quantitative estimate of drug-likeness (QED) is 0.164. The van der Waals surface area contributed by atoms with Crippen molar-refractivity contribution in [3.8, 4) is 44.8 Å². The van der Waals surface area contributed by atoms with Gasteiger partial charge in [-0.05, 0) is 99.3 Å². The highest BCUT2D eigenvalue weighted by Crippen LogP contribution is 2.44. The molecule has 9 aromatic carbocycles. The van der Waals surface area contributed by atoms with Gasteiger partial charge in [0.25, 0.3) is 0 Å². The Labute approximate surface area is 329 Å². The minimum absolute atomic E-state index is 0.575. The topological polar surface area (TPSA) is 42.4 Å². The maximum absolute atomic E-state index is 6.66. The van der Waals surface area contributed by atoms with E-state index in [1.54, 1.807) is 0 Å². The van der Waals surface area contributed by atoms with Gasteiger partial charge in [0, 0.05) is 33.6 Å². The molecule has 0 bridgehead atoms. The van der Waals surface area contributed by atoms with E-state index in [9.17, 15) is 0 Å². The Hall–Kier alpha value is -7.69. The first kappa shape index (κ1) is 32.7. The summed E-state index contributed by atoms with van der Waals surface area (Å²) in [7, 11) is 0. The Bertz CT molecular complexity index is 3230. The molecule has 0 saturated heterocycles.